The van der Waals surface area contributed by atoms with Crippen molar-refractivity contribution in [3.05, 3.63) is 30.2 Å². The zero-order chi connectivity index (χ0) is 19.5. The Labute approximate surface area is 155 Å². The van der Waals surface area contributed by atoms with Gasteiger partial charge in [-0.05, 0) is 42.9 Å². The number of piperidine rings is 1. The van der Waals surface area contributed by atoms with Crippen LogP contribution in [0.5, 0.6) is 0 Å². The van der Waals surface area contributed by atoms with Gasteiger partial charge in [0.25, 0.3) is 0 Å². The SMILES string of the molecule is O=C(C=Cc1ccco1)NCCC(=O)N1CCC(C(F)(F)F)C2(CCC2)C1. The summed E-state index contributed by atoms with van der Waals surface area (Å²) in [5, 5.41) is 2.60. The van der Waals surface area contributed by atoms with Crippen molar-refractivity contribution in [2.24, 2.45) is 11.3 Å². The molecule has 1 spiro atoms. The predicted octanol–water partition coefficient (Wildman–Crippen LogP) is 3.38. The number of alkyl halides is 3. The van der Waals surface area contributed by atoms with Crippen molar-refractivity contribution >= 4 is 17.9 Å². The molecule has 2 fully saturated rings. The molecule has 148 valence electrons. The third-order valence-electron chi connectivity index (χ3n) is 5.61. The zero-order valence-corrected chi connectivity index (χ0v) is 14.9. The first-order valence-corrected chi connectivity index (χ1v) is 9.14. The van der Waals surface area contributed by atoms with Gasteiger partial charge in [0.2, 0.25) is 11.8 Å². The Bertz CT molecular complexity index is 694. The second kappa shape index (κ2) is 7.78. The Morgan fingerprint density at radius 2 is 2.15 bits per heavy atom. The molecule has 2 aliphatic rings. The van der Waals surface area contributed by atoms with Gasteiger partial charge >= 0.3 is 6.18 Å². The summed E-state index contributed by atoms with van der Waals surface area (Å²) in [5.74, 6) is -1.34. The van der Waals surface area contributed by atoms with Crippen LogP contribution in [0.3, 0.4) is 0 Å². The molecule has 2 heterocycles. The zero-order valence-electron chi connectivity index (χ0n) is 14.9. The van der Waals surface area contributed by atoms with Crippen LogP contribution in [0.2, 0.25) is 0 Å². The Morgan fingerprint density at radius 3 is 2.74 bits per heavy atom. The van der Waals surface area contributed by atoms with E-state index in [1.54, 1.807) is 12.1 Å². The minimum absolute atomic E-state index is 0.0342. The fraction of sp³-hybridized carbons (Fsp3) is 0.579. The molecular formula is C19H23F3N2O3. The Balaban J connectivity index is 1.45. The molecule has 1 N–H and O–H groups in total. The summed E-state index contributed by atoms with van der Waals surface area (Å²) in [6.45, 7) is 0.436. The maximum Gasteiger partial charge on any atom is 0.392 e. The van der Waals surface area contributed by atoms with Crippen LogP contribution < -0.4 is 5.32 Å². The maximum absolute atomic E-state index is 13.3. The number of likely N-dealkylation sites (tertiary alicyclic amines) is 1. The van der Waals surface area contributed by atoms with Gasteiger partial charge in [0.15, 0.2) is 0 Å². The molecule has 1 unspecified atom stereocenters. The number of amides is 2. The standard InChI is InChI=1S/C19H23F3N2O3/c20-19(21,22)15-7-11-24(13-18(15)8-2-9-18)17(26)6-10-23-16(25)5-4-14-3-1-12-27-14/h1,3-5,12,15H,2,6-11,13H2,(H,23,25). The number of nitrogens with zero attached hydrogens (tertiary/aromatic N) is 1. The monoisotopic (exact) mass is 384 g/mol. The highest BCUT2D eigenvalue weighted by atomic mass is 19.4. The molecule has 1 saturated heterocycles. The molecule has 8 heteroatoms. The molecule has 1 aliphatic heterocycles. The quantitative estimate of drug-likeness (QED) is 0.792. The lowest BCUT2D eigenvalue weighted by atomic mass is 9.58. The first-order chi connectivity index (χ1) is 12.8. The minimum atomic E-state index is -4.20. The lowest BCUT2D eigenvalue weighted by Crippen LogP contribution is -2.57. The molecule has 5 nitrogen and oxygen atoms in total. The second-order valence-electron chi connectivity index (χ2n) is 7.30. The van der Waals surface area contributed by atoms with Gasteiger partial charge in [0.05, 0.1) is 12.2 Å². The fourth-order valence-electron chi connectivity index (χ4n) is 4.08. The van der Waals surface area contributed by atoms with Crippen LogP contribution in [0.4, 0.5) is 13.2 Å². The van der Waals surface area contributed by atoms with Crippen molar-refractivity contribution in [2.45, 2.75) is 38.3 Å². The summed E-state index contributed by atoms with van der Waals surface area (Å²) in [7, 11) is 0. The van der Waals surface area contributed by atoms with Crippen LogP contribution in [0.15, 0.2) is 28.9 Å². The van der Waals surface area contributed by atoms with Crippen LogP contribution in [0.25, 0.3) is 6.08 Å². The average molecular weight is 384 g/mol. The predicted molar refractivity (Wildman–Crippen MR) is 92.4 cm³/mol. The summed E-state index contributed by atoms with van der Waals surface area (Å²) in [5.41, 5.74) is -0.804. The molecule has 27 heavy (non-hydrogen) atoms. The van der Waals surface area contributed by atoms with Crippen LogP contribution in [-0.2, 0) is 9.59 Å². The maximum atomic E-state index is 13.3. The van der Waals surface area contributed by atoms with E-state index in [2.05, 4.69) is 5.32 Å². The molecule has 1 aromatic heterocycles. The van der Waals surface area contributed by atoms with Crippen LogP contribution >= 0.6 is 0 Å². The van der Waals surface area contributed by atoms with E-state index in [9.17, 15) is 22.8 Å². The number of nitrogens with one attached hydrogen (secondary N) is 1. The number of halogens is 3. The van der Waals surface area contributed by atoms with Gasteiger partial charge in [-0.25, -0.2) is 0 Å². The Hall–Kier alpha value is -2.25. The highest BCUT2D eigenvalue weighted by Crippen LogP contribution is 2.56. The summed E-state index contributed by atoms with van der Waals surface area (Å²) in [6, 6.07) is 3.40. The average Bonchev–Trinajstić information content (AvgIpc) is 3.10. The van der Waals surface area contributed by atoms with E-state index in [0.29, 0.717) is 18.6 Å². The lowest BCUT2D eigenvalue weighted by Gasteiger charge is -2.54. The molecule has 1 aliphatic carbocycles. The van der Waals surface area contributed by atoms with Gasteiger partial charge in [-0.15, -0.1) is 0 Å². The number of rotatable bonds is 5. The van der Waals surface area contributed by atoms with Crippen molar-refractivity contribution in [2.75, 3.05) is 19.6 Å². The van der Waals surface area contributed by atoms with E-state index in [1.165, 1.54) is 23.3 Å². The smallest absolute Gasteiger partial charge is 0.392 e. The van der Waals surface area contributed by atoms with E-state index >= 15 is 0 Å². The van der Waals surface area contributed by atoms with Crippen molar-refractivity contribution < 1.29 is 27.2 Å². The summed E-state index contributed by atoms with van der Waals surface area (Å²) in [6.07, 6.45) is 1.98. The molecule has 0 bridgehead atoms. The molecule has 1 saturated carbocycles. The van der Waals surface area contributed by atoms with Gasteiger partial charge < -0.3 is 14.6 Å². The third kappa shape index (κ3) is 4.54. The van der Waals surface area contributed by atoms with Gasteiger partial charge in [0, 0.05) is 32.1 Å². The van der Waals surface area contributed by atoms with E-state index in [-0.39, 0.29) is 44.3 Å². The topological polar surface area (TPSA) is 62.6 Å². The van der Waals surface area contributed by atoms with E-state index in [0.717, 1.165) is 6.42 Å². The molecule has 1 atom stereocenters. The highest BCUT2D eigenvalue weighted by Gasteiger charge is 2.58. The van der Waals surface area contributed by atoms with Crippen molar-refractivity contribution in [3.63, 3.8) is 0 Å². The molecule has 0 aromatic carbocycles. The number of hydrogen-bond acceptors (Lipinski definition) is 3. The molecule has 2 amide bonds. The van der Waals surface area contributed by atoms with E-state index in [1.807, 2.05) is 0 Å². The summed E-state index contributed by atoms with van der Waals surface area (Å²) in [4.78, 5) is 25.6. The largest absolute Gasteiger partial charge is 0.465 e. The normalized spacial score (nSPS) is 22.0. The number of carbonyl (C=O) groups excluding carboxylic acids is 2. The van der Waals surface area contributed by atoms with E-state index < -0.39 is 17.5 Å². The van der Waals surface area contributed by atoms with Gasteiger partial charge in [-0.1, -0.05) is 6.42 Å². The Kier molecular flexibility index (Phi) is 5.62. The minimum Gasteiger partial charge on any atom is -0.465 e. The number of carbonyl (C=O) groups is 2. The second-order valence-corrected chi connectivity index (χ2v) is 7.30. The summed E-state index contributed by atoms with van der Waals surface area (Å²) < 4.78 is 44.9. The lowest BCUT2D eigenvalue weighted by molar-refractivity contribution is -0.237. The highest BCUT2D eigenvalue weighted by molar-refractivity contribution is 5.91. The van der Waals surface area contributed by atoms with Gasteiger partial charge in [-0.2, -0.15) is 13.2 Å². The van der Waals surface area contributed by atoms with Crippen molar-refractivity contribution in [1.82, 2.24) is 10.2 Å². The van der Waals surface area contributed by atoms with Gasteiger partial charge in [-0.3, -0.25) is 9.59 Å². The van der Waals surface area contributed by atoms with Crippen LogP contribution in [0, 0.1) is 11.3 Å². The first-order valence-electron chi connectivity index (χ1n) is 9.14. The van der Waals surface area contributed by atoms with Crippen LogP contribution in [0.1, 0.15) is 37.9 Å². The molecular weight excluding hydrogens is 361 g/mol. The first kappa shape index (κ1) is 19.5. The molecule has 0 radical (unpaired) electrons. The van der Waals surface area contributed by atoms with Crippen LogP contribution in [-0.4, -0.2) is 42.5 Å². The number of furan rings is 1. The fourth-order valence-corrected chi connectivity index (χ4v) is 4.08. The van der Waals surface area contributed by atoms with Crippen molar-refractivity contribution in [1.29, 1.82) is 0 Å². The third-order valence-corrected chi connectivity index (χ3v) is 5.61. The number of hydrogen-bond donors (Lipinski definition) is 1. The molecule has 3 rings (SSSR count). The molecule has 1 aromatic rings. The van der Waals surface area contributed by atoms with Gasteiger partial charge in [0.1, 0.15) is 5.76 Å². The van der Waals surface area contributed by atoms with Crippen molar-refractivity contribution in [3.8, 4) is 0 Å². The Morgan fingerprint density at radius 1 is 1.37 bits per heavy atom. The van der Waals surface area contributed by atoms with E-state index in [4.69, 9.17) is 4.42 Å². The summed E-state index contributed by atoms with van der Waals surface area (Å²) >= 11 is 0.